The van der Waals surface area contributed by atoms with Crippen molar-refractivity contribution < 1.29 is 14.3 Å². The summed E-state index contributed by atoms with van der Waals surface area (Å²) in [6.07, 6.45) is 1.32. The first-order valence-corrected chi connectivity index (χ1v) is 10.7. The van der Waals surface area contributed by atoms with Crippen molar-refractivity contribution in [2.24, 2.45) is 7.05 Å². The molecule has 0 spiro atoms. The average molecular weight is 443 g/mol. The molecule has 0 aliphatic carbocycles. The van der Waals surface area contributed by atoms with Crippen LogP contribution in [-0.4, -0.2) is 30.3 Å². The van der Waals surface area contributed by atoms with Crippen molar-refractivity contribution in [3.05, 3.63) is 85.1 Å². The van der Waals surface area contributed by atoms with Gasteiger partial charge in [0.25, 0.3) is 0 Å². The van der Waals surface area contributed by atoms with Gasteiger partial charge in [0.1, 0.15) is 5.75 Å². The van der Waals surface area contributed by atoms with Gasteiger partial charge in [0.15, 0.2) is 0 Å². The molecule has 0 saturated carbocycles. The minimum Gasteiger partial charge on any atom is -0.410 e. The Bertz CT molecular complexity index is 1270. The number of para-hydroxylation sites is 2. The minimum absolute atomic E-state index is 0.149. The summed E-state index contributed by atoms with van der Waals surface area (Å²) >= 11 is 0. The molecule has 7 nitrogen and oxygen atoms in total. The highest BCUT2D eigenvalue weighted by atomic mass is 16.6. The van der Waals surface area contributed by atoms with Crippen LogP contribution in [0.2, 0.25) is 0 Å². The van der Waals surface area contributed by atoms with Crippen molar-refractivity contribution in [2.45, 2.75) is 6.92 Å². The topological polar surface area (TPSA) is 66.8 Å². The molecular formula is C26H26N4O3. The van der Waals surface area contributed by atoms with Crippen LogP contribution in [0.25, 0.3) is 10.9 Å². The van der Waals surface area contributed by atoms with E-state index in [-0.39, 0.29) is 6.03 Å². The summed E-state index contributed by atoms with van der Waals surface area (Å²) in [5.74, 6) is 0.389. The molecule has 1 aromatic heterocycles. The van der Waals surface area contributed by atoms with Crippen LogP contribution in [0.5, 0.6) is 5.75 Å². The van der Waals surface area contributed by atoms with Crippen LogP contribution in [-0.2, 0) is 7.05 Å². The first-order chi connectivity index (χ1) is 16.0. The summed E-state index contributed by atoms with van der Waals surface area (Å²) in [5.41, 5.74) is 3.12. The van der Waals surface area contributed by atoms with E-state index in [9.17, 15) is 9.59 Å². The third kappa shape index (κ3) is 4.67. The second kappa shape index (κ2) is 9.48. The minimum atomic E-state index is -0.580. The number of nitrogens with zero attached hydrogens (tertiary/aromatic N) is 3. The second-order valence-electron chi connectivity index (χ2n) is 7.61. The van der Waals surface area contributed by atoms with Crippen molar-refractivity contribution in [3.8, 4) is 5.75 Å². The molecule has 3 amide bonds. The Morgan fingerprint density at radius 2 is 1.64 bits per heavy atom. The molecular weight excluding hydrogens is 416 g/mol. The smallest absolute Gasteiger partial charge is 0.410 e. The van der Waals surface area contributed by atoms with Gasteiger partial charge < -0.3 is 9.30 Å². The van der Waals surface area contributed by atoms with Crippen molar-refractivity contribution in [1.82, 2.24) is 4.57 Å². The maximum Gasteiger partial charge on any atom is 0.417 e. The molecule has 0 aliphatic rings. The van der Waals surface area contributed by atoms with E-state index in [0.717, 1.165) is 22.3 Å². The Morgan fingerprint density at radius 1 is 0.970 bits per heavy atom. The van der Waals surface area contributed by atoms with E-state index < -0.39 is 6.09 Å². The highest BCUT2D eigenvalue weighted by Gasteiger charge is 2.22. The van der Waals surface area contributed by atoms with E-state index in [4.69, 9.17) is 4.74 Å². The van der Waals surface area contributed by atoms with Crippen LogP contribution in [0.1, 0.15) is 6.92 Å². The summed E-state index contributed by atoms with van der Waals surface area (Å²) in [7, 11) is 3.67. The van der Waals surface area contributed by atoms with Crippen molar-refractivity contribution in [3.63, 3.8) is 0 Å². The van der Waals surface area contributed by atoms with Crippen LogP contribution in [0.15, 0.2) is 85.1 Å². The van der Waals surface area contributed by atoms with Crippen LogP contribution in [0.3, 0.4) is 0 Å². The number of nitrogens with one attached hydrogen (secondary N) is 1. The quantitative estimate of drug-likeness (QED) is 0.420. The van der Waals surface area contributed by atoms with E-state index in [1.165, 1.54) is 0 Å². The maximum absolute atomic E-state index is 13.3. The monoisotopic (exact) mass is 442 g/mol. The first kappa shape index (κ1) is 22.0. The predicted molar refractivity (Wildman–Crippen MR) is 132 cm³/mol. The summed E-state index contributed by atoms with van der Waals surface area (Å²) in [5, 5.41) is 3.51. The Morgan fingerprint density at radius 3 is 2.30 bits per heavy atom. The number of urea groups is 1. The molecule has 0 atom stereocenters. The summed E-state index contributed by atoms with van der Waals surface area (Å²) < 4.78 is 7.44. The maximum atomic E-state index is 13.3. The van der Waals surface area contributed by atoms with Gasteiger partial charge in [0.05, 0.1) is 11.2 Å². The molecule has 0 radical (unpaired) electrons. The van der Waals surface area contributed by atoms with Gasteiger partial charge in [-0.1, -0.05) is 36.4 Å². The Hall–Kier alpha value is -4.26. The highest BCUT2D eigenvalue weighted by molar-refractivity contribution is 6.09. The molecule has 33 heavy (non-hydrogen) atoms. The number of hydrogen-bond donors (Lipinski definition) is 1. The third-order valence-electron chi connectivity index (χ3n) is 5.43. The van der Waals surface area contributed by atoms with Crippen LogP contribution >= 0.6 is 0 Å². The van der Waals surface area contributed by atoms with Gasteiger partial charge in [-0.2, -0.15) is 0 Å². The molecule has 1 N–H and O–H groups in total. The molecule has 1 heterocycles. The number of amides is 3. The molecule has 0 bridgehead atoms. The molecule has 4 aromatic rings. The van der Waals surface area contributed by atoms with Crippen molar-refractivity contribution >= 4 is 40.1 Å². The third-order valence-corrected chi connectivity index (χ3v) is 5.43. The molecule has 0 unspecified atom stereocenters. The number of aromatic nitrogens is 1. The van der Waals surface area contributed by atoms with Gasteiger partial charge in [0, 0.05) is 43.6 Å². The number of carbonyl (C=O) groups is 2. The molecule has 0 saturated heterocycles. The predicted octanol–water partition coefficient (Wildman–Crippen LogP) is 5.87. The van der Waals surface area contributed by atoms with Crippen molar-refractivity contribution in [2.75, 3.05) is 28.7 Å². The lowest BCUT2D eigenvalue weighted by molar-refractivity contribution is 0.215. The molecule has 4 rings (SSSR count). The van der Waals surface area contributed by atoms with Crippen LogP contribution in [0.4, 0.5) is 26.7 Å². The Balaban J connectivity index is 1.60. The molecule has 0 aliphatic heterocycles. The zero-order valence-corrected chi connectivity index (χ0v) is 18.9. The van der Waals surface area contributed by atoms with Gasteiger partial charge in [-0.3, -0.25) is 15.1 Å². The lowest BCUT2D eigenvalue weighted by Crippen LogP contribution is -2.41. The zero-order chi connectivity index (χ0) is 23.4. The summed E-state index contributed by atoms with van der Waals surface area (Å²) in [4.78, 5) is 29.0. The number of fused-ring (bicyclic) bond motifs is 1. The lowest BCUT2D eigenvalue weighted by atomic mass is 10.2. The number of ether oxygens (including phenoxy) is 1. The van der Waals surface area contributed by atoms with Crippen LogP contribution < -0.4 is 19.9 Å². The largest absolute Gasteiger partial charge is 0.417 e. The van der Waals surface area contributed by atoms with Gasteiger partial charge in [-0.05, 0) is 49.4 Å². The number of hydrogen-bond acceptors (Lipinski definition) is 3. The van der Waals surface area contributed by atoms with E-state index in [2.05, 4.69) is 5.32 Å². The van der Waals surface area contributed by atoms with Gasteiger partial charge in [-0.25, -0.2) is 9.59 Å². The van der Waals surface area contributed by atoms with E-state index >= 15 is 0 Å². The van der Waals surface area contributed by atoms with E-state index in [1.54, 1.807) is 41.1 Å². The van der Waals surface area contributed by atoms with E-state index in [1.807, 2.05) is 79.3 Å². The molecule has 168 valence electrons. The summed E-state index contributed by atoms with van der Waals surface area (Å²) in [6, 6.07) is 23.9. The number of carbonyl (C=O) groups excluding carboxylic acids is 2. The van der Waals surface area contributed by atoms with Gasteiger partial charge >= 0.3 is 12.1 Å². The van der Waals surface area contributed by atoms with Crippen LogP contribution in [0, 0.1) is 0 Å². The fourth-order valence-electron chi connectivity index (χ4n) is 3.77. The molecule has 7 heteroatoms. The fraction of sp³-hybridized carbons (Fsp3) is 0.154. The van der Waals surface area contributed by atoms with Gasteiger partial charge in [0.2, 0.25) is 0 Å². The number of anilines is 3. The second-order valence-corrected chi connectivity index (χ2v) is 7.61. The fourth-order valence-corrected chi connectivity index (χ4v) is 3.77. The van der Waals surface area contributed by atoms with E-state index in [0.29, 0.717) is 18.0 Å². The first-order valence-electron chi connectivity index (χ1n) is 10.7. The molecule has 3 aromatic carbocycles. The number of benzene rings is 3. The average Bonchev–Trinajstić information content (AvgIpc) is 3.16. The van der Waals surface area contributed by atoms with Crippen molar-refractivity contribution in [1.29, 1.82) is 0 Å². The standard InChI is InChI=1S/C26H26N4O3/c1-4-30(20-13-9-6-10-14-20)26(32)29(3)24-18-28(2)23-16-15-21(17-22(23)24)33-25(31)27-19-11-7-5-8-12-19/h5-18H,4H2,1-3H3,(H,27,31). The number of aryl methyl sites for hydroxylation is 1. The highest BCUT2D eigenvalue weighted by Crippen LogP contribution is 2.32. The summed E-state index contributed by atoms with van der Waals surface area (Å²) in [6.45, 7) is 2.48. The zero-order valence-electron chi connectivity index (χ0n) is 18.9. The van der Waals surface area contributed by atoms with Gasteiger partial charge in [-0.15, -0.1) is 0 Å². The normalized spacial score (nSPS) is 10.6. The Labute approximate surface area is 192 Å². The number of rotatable bonds is 5. The SMILES string of the molecule is CCN(C(=O)N(C)c1cn(C)c2ccc(OC(=O)Nc3ccccc3)cc12)c1ccccc1. The molecule has 0 fully saturated rings. The Kier molecular flexibility index (Phi) is 6.31. The lowest BCUT2D eigenvalue weighted by Gasteiger charge is -2.27.